The van der Waals surface area contributed by atoms with Crippen molar-refractivity contribution in [2.24, 2.45) is 0 Å². The van der Waals surface area contributed by atoms with E-state index in [0.717, 1.165) is 11.8 Å². The molecule has 0 aliphatic heterocycles. The van der Waals surface area contributed by atoms with Crippen LogP contribution in [0.5, 0.6) is 0 Å². The average molecular weight is 328 g/mol. The van der Waals surface area contributed by atoms with Gasteiger partial charge in [-0.2, -0.15) is 5.10 Å². The highest BCUT2D eigenvalue weighted by Crippen LogP contribution is 2.25. The number of nitrogens with one attached hydrogen (secondary N) is 1. The molecule has 0 unspecified atom stereocenters. The molecule has 0 radical (unpaired) electrons. The van der Waals surface area contributed by atoms with Crippen LogP contribution in [-0.4, -0.2) is 15.8 Å². The van der Waals surface area contributed by atoms with E-state index in [0.29, 0.717) is 17.1 Å². The highest BCUT2D eigenvalue weighted by atomic mass is 79.9. The Bertz CT molecular complexity index is 585. The van der Waals surface area contributed by atoms with Gasteiger partial charge in [-0.1, -0.05) is 0 Å². The fourth-order valence-corrected chi connectivity index (χ4v) is 2.46. The summed E-state index contributed by atoms with van der Waals surface area (Å²) in [4.78, 5) is 0. The average Bonchev–Trinajstić information content (AvgIpc) is 3.05. The monoisotopic (exact) mass is 327 g/mol. The molecule has 1 N–H and O–H groups in total. The number of rotatable bonds is 4. The van der Waals surface area contributed by atoms with Crippen molar-refractivity contribution in [2.75, 3.05) is 0 Å². The Kier molecular flexibility index (Phi) is 3.36. The van der Waals surface area contributed by atoms with Gasteiger partial charge in [0.25, 0.3) is 0 Å². The number of hydrogen-bond donors (Lipinski definition) is 1. The third kappa shape index (κ3) is 2.84. The van der Waals surface area contributed by atoms with E-state index in [1.807, 2.05) is 6.07 Å². The first-order valence-corrected chi connectivity index (χ1v) is 6.85. The van der Waals surface area contributed by atoms with Crippen molar-refractivity contribution in [2.45, 2.75) is 25.4 Å². The Balaban J connectivity index is 1.85. The Morgan fingerprint density at radius 3 is 2.84 bits per heavy atom. The lowest BCUT2D eigenvalue weighted by molar-refractivity contribution is 0.570. The summed E-state index contributed by atoms with van der Waals surface area (Å²) in [6.07, 6.45) is 4.09. The standard InChI is InChI=1S/C13H12BrF2N3/c14-11-5-8(15)6-12(16)13(11)19-4-3-10(18-19)7-17-9-1-2-9/h3-6,9,17H,1-2,7H2. The summed E-state index contributed by atoms with van der Waals surface area (Å²) in [5.74, 6) is -1.26. The van der Waals surface area contributed by atoms with Crippen LogP contribution >= 0.6 is 15.9 Å². The summed E-state index contributed by atoms with van der Waals surface area (Å²) in [5, 5.41) is 7.63. The molecule has 1 aliphatic carbocycles. The Morgan fingerprint density at radius 1 is 1.37 bits per heavy atom. The largest absolute Gasteiger partial charge is 0.308 e. The molecular weight excluding hydrogens is 316 g/mol. The van der Waals surface area contributed by atoms with Crippen molar-refractivity contribution in [1.82, 2.24) is 15.1 Å². The van der Waals surface area contributed by atoms with Gasteiger partial charge in [-0.25, -0.2) is 13.5 Å². The summed E-state index contributed by atoms with van der Waals surface area (Å²) < 4.78 is 28.6. The van der Waals surface area contributed by atoms with Crippen molar-refractivity contribution in [1.29, 1.82) is 0 Å². The lowest BCUT2D eigenvalue weighted by Gasteiger charge is -2.06. The third-order valence-electron chi connectivity index (χ3n) is 3.00. The van der Waals surface area contributed by atoms with Crippen molar-refractivity contribution in [3.05, 3.63) is 46.2 Å². The minimum Gasteiger partial charge on any atom is -0.308 e. The SMILES string of the molecule is Fc1cc(F)c(-n2ccc(CNC3CC3)n2)c(Br)c1. The van der Waals surface area contributed by atoms with Gasteiger partial charge in [0.05, 0.1) is 5.69 Å². The van der Waals surface area contributed by atoms with Gasteiger partial charge in [0.2, 0.25) is 0 Å². The molecule has 0 spiro atoms. The highest BCUT2D eigenvalue weighted by molar-refractivity contribution is 9.10. The number of nitrogens with zero attached hydrogens (tertiary/aromatic N) is 2. The van der Waals surface area contributed by atoms with E-state index in [-0.39, 0.29) is 5.69 Å². The summed E-state index contributed by atoms with van der Waals surface area (Å²) in [6, 6.07) is 4.50. The van der Waals surface area contributed by atoms with E-state index in [4.69, 9.17) is 0 Å². The van der Waals surface area contributed by atoms with Crippen molar-refractivity contribution < 1.29 is 8.78 Å². The van der Waals surface area contributed by atoms with Crippen LogP contribution in [0.2, 0.25) is 0 Å². The predicted octanol–water partition coefficient (Wildman–Crippen LogP) is 3.17. The summed E-state index contributed by atoms with van der Waals surface area (Å²) >= 11 is 3.16. The third-order valence-corrected chi connectivity index (χ3v) is 3.61. The highest BCUT2D eigenvalue weighted by Gasteiger charge is 2.20. The molecule has 0 bridgehead atoms. The fraction of sp³-hybridized carbons (Fsp3) is 0.308. The molecule has 0 amide bonds. The van der Waals surface area contributed by atoms with Crippen LogP contribution in [0.15, 0.2) is 28.9 Å². The number of halogens is 3. The number of aromatic nitrogens is 2. The van der Waals surface area contributed by atoms with Gasteiger partial charge >= 0.3 is 0 Å². The van der Waals surface area contributed by atoms with Gasteiger partial charge in [0.15, 0.2) is 5.82 Å². The smallest absolute Gasteiger partial charge is 0.152 e. The van der Waals surface area contributed by atoms with Crippen molar-refractivity contribution >= 4 is 15.9 Å². The number of hydrogen-bond acceptors (Lipinski definition) is 2. The molecule has 1 heterocycles. The minimum absolute atomic E-state index is 0.221. The van der Waals surface area contributed by atoms with Crippen LogP contribution in [0, 0.1) is 11.6 Å². The van der Waals surface area contributed by atoms with Gasteiger partial charge in [-0.15, -0.1) is 0 Å². The molecule has 2 aromatic rings. The predicted molar refractivity (Wildman–Crippen MR) is 71.0 cm³/mol. The summed E-state index contributed by atoms with van der Waals surface area (Å²) in [5.41, 5.74) is 1.06. The maximum absolute atomic E-state index is 13.8. The molecule has 1 aromatic heterocycles. The van der Waals surface area contributed by atoms with Crippen LogP contribution in [0.4, 0.5) is 8.78 Å². The molecular formula is C13H12BrF2N3. The van der Waals surface area contributed by atoms with E-state index < -0.39 is 11.6 Å². The first-order chi connectivity index (χ1) is 9.13. The van der Waals surface area contributed by atoms with Crippen LogP contribution in [0.25, 0.3) is 5.69 Å². The lowest BCUT2D eigenvalue weighted by Crippen LogP contribution is -2.15. The Labute approximate surface area is 117 Å². The van der Waals surface area contributed by atoms with E-state index in [1.165, 1.54) is 23.6 Å². The second-order valence-electron chi connectivity index (χ2n) is 4.62. The molecule has 100 valence electrons. The van der Waals surface area contributed by atoms with Crippen molar-refractivity contribution in [3.8, 4) is 5.69 Å². The fourth-order valence-electron chi connectivity index (χ4n) is 1.87. The molecule has 1 aromatic carbocycles. The quantitative estimate of drug-likeness (QED) is 0.934. The second-order valence-corrected chi connectivity index (χ2v) is 5.48. The molecule has 0 atom stereocenters. The van der Waals surface area contributed by atoms with E-state index in [9.17, 15) is 8.78 Å². The zero-order valence-corrected chi connectivity index (χ0v) is 11.6. The Morgan fingerprint density at radius 2 is 2.16 bits per heavy atom. The second kappa shape index (κ2) is 5.02. The van der Waals surface area contributed by atoms with Gasteiger partial charge in [-0.05, 0) is 40.9 Å². The lowest BCUT2D eigenvalue weighted by atomic mass is 10.3. The van der Waals surface area contributed by atoms with Crippen LogP contribution in [0.3, 0.4) is 0 Å². The van der Waals surface area contributed by atoms with Gasteiger partial charge < -0.3 is 5.32 Å². The molecule has 1 fully saturated rings. The van der Waals surface area contributed by atoms with Gasteiger partial charge in [-0.3, -0.25) is 0 Å². The first kappa shape index (κ1) is 12.7. The molecule has 1 aliphatic rings. The molecule has 1 saturated carbocycles. The van der Waals surface area contributed by atoms with Crippen LogP contribution in [-0.2, 0) is 6.54 Å². The minimum atomic E-state index is -0.642. The Hall–Kier alpha value is -1.27. The molecule has 0 saturated heterocycles. The molecule has 19 heavy (non-hydrogen) atoms. The summed E-state index contributed by atoms with van der Waals surface area (Å²) in [7, 11) is 0. The maximum atomic E-state index is 13.8. The molecule has 3 rings (SSSR count). The molecule has 3 nitrogen and oxygen atoms in total. The summed E-state index contributed by atoms with van der Waals surface area (Å²) in [6.45, 7) is 0.665. The zero-order chi connectivity index (χ0) is 13.4. The van der Waals surface area contributed by atoms with Gasteiger partial charge in [0.1, 0.15) is 11.5 Å². The van der Waals surface area contributed by atoms with Gasteiger partial charge in [0, 0.05) is 29.3 Å². The topological polar surface area (TPSA) is 29.9 Å². The normalized spacial score (nSPS) is 14.9. The van der Waals surface area contributed by atoms with E-state index in [2.05, 4.69) is 26.3 Å². The first-order valence-electron chi connectivity index (χ1n) is 6.06. The number of benzene rings is 1. The van der Waals surface area contributed by atoms with E-state index in [1.54, 1.807) is 6.20 Å². The van der Waals surface area contributed by atoms with E-state index >= 15 is 0 Å². The van der Waals surface area contributed by atoms with Crippen LogP contribution in [0.1, 0.15) is 18.5 Å². The van der Waals surface area contributed by atoms with Crippen molar-refractivity contribution in [3.63, 3.8) is 0 Å². The molecule has 6 heteroatoms. The zero-order valence-electron chi connectivity index (χ0n) is 10.0. The van der Waals surface area contributed by atoms with Crippen LogP contribution < -0.4 is 5.32 Å². The maximum Gasteiger partial charge on any atom is 0.152 e.